The molecule has 168 valence electrons. The van der Waals surface area contributed by atoms with Crippen molar-refractivity contribution in [2.45, 2.75) is 12.8 Å². The van der Waals surface area contributed by atoms with Gasteiger partial charge < -0.3 is 24.4 Å². The van der Waals surface area contributed by atoms with Crippen molar-refractivity contribution in [2.24, 2.45) is 5.92 Å². The molecule has 1 amide bonds. The molecular formula is C22H26ClN7O2. The highest BCUT2D eigenvalue weighted by molar-refractivity contribution is 6.28. The highest BCUT2D eigenvalue weighted by atomic mass is 35.5. The number of benzene rings is 1. The number of halogens is 1. The highest BCUT2D eigenvalue weighted by Gasteiger charge is 2.32. The molecule has 1 N–H and O–H groups in total. The number of amides is 1. The largest absolute Gasteiger partial charge is 0.497 e. The molecule has 0 bridgehead atoms. The average molecular weight is 456 g/mol. The number of methoxy groups -OCH3 is 1. The molecule has 3 aromatic rings. The fourth-order valence-corrected chi connectivity index (χ4v) is 4.79. The summed E-state index contributed by atoms with van der Waals surface area (Å²) >= 11 is 6.11. The van der Waals surface area contributed by atoms with Crippen LogP contribution in [0.5, 0.6) is 5.75 Å². The van der Waals surface area contributed by atoms with Gasteiger partial charge in [0.1, 0.15) is 11.3 Å². The van der Waals surface area contributed by atoms with E-state index in [1.54, 1.807) is 13.4 Å². The van der Waals surface area contributed by atoms with Crippen LogP contribution in [-0.2, 0) is 4.79 Å². The Morgan fingerprint density at radius 3 is 2.62 bits per heavy atom. The maximum atomic E-state index is 13.3. The summed E-state index contributed by atoms with van der Waals surface area (Å²) in [7, 11) is 1.67. The predicted molar refractivity (Wildman–Crippen MR) is 123 cm³/mol. The Morgan fingerprint density at radius 1 is 1.09 bits per heavy atom. The van der Waals surface area contributed by atoms with E-state index in [1.165, 1.54) is 0 Å². The van der Waals surface area contributed by atoms with E-state index in [9.17, 15) is 4.79 Å². The van der Waals surface area contributed by atoms with Gasteiger partial charge in [0.2, 0.25) is 11.2 Å². The highest BCUT2D eigenvalue weighted by Crippen LogP contribution is 2.29. The summed E-state index contributed by atoms with van der Waals surface area (Å²) in [5.74, 6) is 1.74. The summed E-state index contributed by atoms with van der Waals surface area (Å²) in [4.78, 5) is 35.7. The number of ether oxygens (including phenoxy) is 1. The molecule has 2 saturated heterocycles. The normalized spacial score (nSPS) is 19.4. The van der Waals surface area contributed by atoms with Crippen LogP contribution in [0.3, 0.4) is 0 Å². The van der Waals surface area contributed by atoms with Gasteiger partial charge in [-0.15, -0.1) is 0 Å². The Kier molecular flexibility index (Phi) is 5.73. The first-order valence-corrected chi connectivity index (χ1v) is 11.3. The second kappa shape index (κ2) is 8.82. The fourth-order valence-electron chi connectivity index (χ4n) is 4.63. The lowest BCUT2D eigenvalue weighted by atomic mass is 9.96. The quantitative estimate of drug-likeness (QED) is 0.604. The van der Waals surface area contributed by atoms with Crippen molar-refractivity contribution in [1.29, 1.82) is 0 Å². The number of aromatic amines is 1. The molecular weight excluding hydrogens is 430 g/mol. The van der Waals surface area contributed by atoms with Crippen LogP contribution >= 0.6 is 11.6 Å². The van der Waals surface area contributed by atoms with Crippen LogP contribution < -0.4 is 14.5 Å². The zero-order chi connectivity index (χ0) is 22.1. The molecule has 2 aromatic heterocycles. The molecule has 9 nitrogen and oxygen atoms in total. The lowest BCUT2D eigenvalue weighted by Gasteiger charge is -2.40. The number of imidazole rings is 1. The molecule has 10 heteroatoms. The molecule has 32 heavy (non-hydrogen) atoms. The number of piperidine rings is 1. The van der Waals surface area contributed by atoms with Gasteiger partial charge in [-0.05, 0) is 48.7 Å². The third-order valence-corrected chi connectivity index (χ3v) is 6.51. The summed E-state index contributed by atoms with van der Waals surface area (Å²) in [6, 6.07) is 8.08. The van der Waals surface area contributed by atoms with E-state index in [2.05, 4.69) is 41.9 Å². The van der Waals surface area contributed by atoms with Crippen molar-refractivity contribution in [3.63, 3.8) is 0 Å². The molecule has 1 aromatic carbocycles. The molecule has 0 spiro atoms. The number of piperazine rings is 1. The smallest absolute Gasteiger partial charge is 0.227 e. The van der Waals surface area contributed by atoms with E-state index >= 15 is 0 Å². The third kappa shape index (κ3) is 4.04. The molecule has 4 heterocycles. The summed E-state index contributed by atoms with van der Waals surface area (Å²) in [5, 5.41) is 0.169. The summed E-state index contributed by atoms with van der Waals surface area (Å²) < 4.78 is 5.24. The van der Waals surface area contributed by atoms with Gasteiger partial charge in [-0.1, -0.05) is 0 Å². The Bertz CT molecular complexity index is 1100. The topological polar surface area (TPSA) is 90.5 Å². The molecule has 0 aliphatic carbocycles. The number of fused-ring (bicyclic) bond motifs is 1. The SMILES string of the molecule is COc1ccc(N2CCN(C(=O)[C@H]3CCCN(c4nc(Cl)nc5nc[nH]c45)C3)CC2)cc1. The second-order valence-corrected chi connectivity index (χ2v) is 8.55. The second-order valence-electron chi connectivity index (χ2n) is 8.21. The molecule has 2 aliphatic heterocycles. The maximum absolute atomic E-state index is 13.3. The molecule has 5 rings (SSSR count). The first kappa shape index (κ1) is 20.8. The summed E-state index contributed by atoms with van der Waals surface area (Å²) in [6.45, 7) is 4.56. The summed E-state index contributed by atoms with van der Waals surface area (Å²) in [6.07, 6.45) is 3.41. The van der Waals surface area contributed by atoms with E-state index in [1.807, 2.05) is 17.0 Å². The lowest BCUT2D eigenvalue weighted by molar-refractivity contribution is -0.136. The number of carbonyl (C=O) groups excluding carboxylic acids is 1. The van der Waals surface area contributed by atoms with E-state index in [4.69, 9.17) is 16.3 Å². The van der Waals surface area contributed by atoms with Gasteiger partial charge in [0.05, 0.1) is 19.4 Å². The van der Waals surface area contributed by atoms with Crippen LogP contribution in [0, 0.1) is 5.92 Å². The van der Waals surface area contributed by atoms with Crippen molar-refractivity contribution in [3.8, 4) is 5.75 Å². The zero-order valence-corrected chi connectivity index (χ0v) is 18.8. The van der Waals surface area contributed by atoms with Gasteiger partial charge in [0.25, 0.3) is 0 Å². The van der Waals surface area contributed by atoms with E-state index in [-0.39, 0.29) is 17.1 Å². The zero-order valence-electron chi connectivity index (χ0n) is 18.0. The molecule has 2 aliphatic rings. The Hall–Kier alpha value is -3.07. The minimum absolute atomic E-state index is 0.0528. The predicted octanol–water partition coefficient (Wildman–Crippen LogP) is 2.58. The Morgan fingerprint density at radius 2 is 1.88 bits per heavy atom. The minimum atomic E-state index is -0.0528. The van der Waals surface area contributed by atoms with Gasteiger partial charge in [0.15, 0.2) is 11.5 Å². The molecule has 1 atom stereocenters. The lowest BCUT2D eigenvalue weighted by Crippen LogP contribution is -2.52. The van der Waals surface area contributed by atoms with Crippen LogP contribution in [0.25, 0.3) is 11.2 Å². The fraction of sp³-hybridized carbons (Fsp3) is 0.455. The van der Waals surface area contributed by atoms with Crippen molar-refractivity contribution in [1.82, 2.24) is 24.8 Å². The van der Waals surface area contributed by atoms with Gasteiger partial charge in [-0.2, -0.15) is 9.97 Å². The Balaban J connectivity index is 1.23. The van der Waals surface area contributed by atoms with Gasteiger partial charge in [0, 0.05) is 45.0 Å². The van der Waals surface area contributed by atoms with E-state index < -0.39 is 0 Å². The maximum Gasteiger partial charge on any atom is 0.227 e. The van der Waals surface area contributed by atoms with Gasteiger partial charge in [-0.25, -0.2) is 4.98 Å². The number of hydrogen-bond donors (Lipinski definition) is 1. The van der Waals surface area contributed by atoms with Crippen molar-refractivity contribution in [3.05, 3.63) is 35.9 Å². The van der Waals surface area contributed by atoms with Crippen LogP contribution in [0.1, 0.15) is 12.8 Å². The van der Waals surface area contributed by atoms with Crippen LogP contribution in [0.15, 0.2) is 30.6 Å². The first-order valence-electron chi connectivity index (χ1n) is 10.9. The number of nitrogens with zero attached hydrogens (tertiary/aromatic N) is 6. The van der Waals surface area contributed by atoms with Crippen molar-refractivity contribution < 1.29 is 9.53 Å². The number of H-pyrrole nitrogens is 1. The van der Waals surface area contributed by atoms with E-state index in [0.717, 1.165) is 68.3 Å². The monoisotopic (exact) mass is 455 g/mol. The van der Waals surface area contributed by atoms with Gasteiger partial charge in [-0.3, -0.25) is 4.79 Å². The number of aromatic nitrogens is 4. The third-order valence-electron chi connectivity index (χ3n) is 6.34. The number of hydrogen-bond acceptors (Lipinski definition) is 7. The number of nitrogens with one attached hydrogen (secondary N) is 1. The molecule has 0 unspecified atom stereocenters. The molecule has 0 radical (unpaired) electrons. The minimum Gasteiger partial charge on any atom is -0.497 e. The molecule has 0 saturated carbocycles. The van der Waals surface area contributed by atoms with Crippen LogP contribution in [0.4, 0.5) is 11.5 Å². The number of rotatable bonds is 4. The number of anilines is 2. The molecule has 2 fully saturated rings. The van der Waals surface area contributed by atoms with Gasteiger partial charge >= 0.3 is 0 Å². The average Bonchev–Trinajstić information content (AvgIpc) is 3.32. The van der Waals surface area contributed by atoms with Crippen LogP contribution in [-0.4, -0.2) is 77.1 Å². The van der Waals surface area contributed by atoms with E-state index in [0.29, 0.717) is 12.2 Å². The first-order chi connectivity index (χ1) is 15.6. The number of carbonyl (C=O) groups is 1. The van der Waals surface area contributed by atoms with Crippen molar-refractivity contribution >= 4 is 40.2 Å². The Labute approximate surface area is 191 Å². The summed E-state index contributed by atoms with van der Waals surface area (Å²) in [5.41, 5.74) is 2.46. The standard InChI is InChI=1S/C22H26ClN7O2/c1-32-17-6-4-16(5-7-17)28-9-11-29(12-10-28)21(31)15-3-2-8-30(13-15)20-18-19(25-14-24-18)26-22(23)27-20/h4-7,14-15H,2-3,8-13H2,1H3,(H,24,25,26,27)/t15-/m0/s1. The van der Waals surface area contributed by atoms with Crippen molar-refractivity contribution in [2.75, 3.05) is 56.2 Å². The van der Waals surface area contributed by atoms with Crippen LogP contribution in [0.2, 0.25) is 5.28 Å².